The second-order valence-electron chi connectivity index (χ2n) is 6.25. The monoisotopic (exact) mass is 377 g/mol. The van der Waals surface area contributed by atoms with Gasteiger partial charge in [0, 0.05) is 12.1 Å². The number of fused-ring (bicyclic) bond motifs is 1. The second kappa shape index (κ2) is 8.30. The normalized spacial score (nSPS) is 12.4. The van der Waals surface area contributed by atoms with Crippen molar-refractivity contribution in [3.63, 3.8) is 0 Å². The van der Waals surface area contributed by atoms with Crippen molar-refractivity contribution in [2.24, 2.45) is 5.10 Å². The molecule has 0 saturated carbocycles. The first kappa shape index (κ1) is 19.0. The fourth-order valence-corrected chi connectivity index (χ4v) is 2.62. The lowest BCUT2D eigenvalue weighted by atomic mass is 10.1. The Morgan fingerprint density at radius 2 is 1.75 bits per heavy atom. The number of hydrazone groups is 1. The number of hydrogen-bond donors (Lipinski definition) is 1. The molecule has 1 N–H and O–H groups in total. The first-order valence-corrected chi connectivity index (χ1v) is 8.68. The maximum Gasteiger partial charge on any atom is 0.280 e. The third-order valence-corrected chi connectivity index (χ3v) is 4.23. The second-order valence-corrected chi connectivity index (χ2v) is 6.25. The molecule has 0 aliphatic rings. The molecule has 28 heavy (non-hydrogen) atoms. The van der Waals surface area contributed by atoms with E-state index in [2.05, 4.69) is 10.5 Å². The first-order valence-electron chi connectivity index (χ1n) is 8.68. The van der Waals surface area contributed by atoms with Gasteiger partial charge in [0.2, 0.25) is 0 Å². The molecule has 0 aromatic heterocycles. The molecule has 7 heteroatoms. The van der Waals surface area contributed by atoms with Crippen molar-refractivity contribution >= 4 is 28.1 Å². The molecule has 7 nitrogen and oxygen atoms in total. The van der Waals surface area contributed by atoms with Gasteiger partial charge in [-0.15, -0.1) is 0 Å². The van der Waals surface area contributed by atoms with E-state index in [1.54, 1.807) is 26.0 Å². The maximum atomic E-state index is 12.3. The predicted octanol–water partition coefficient (Wildman–Crippen LogP) is 4.06. The van der Waals surface area contributed by atoms with Gasteiger partial charge in [-0.05, 0) is 54.4 Å². The zero-order chi connectivity index (χ0) is 20.1. The minimum atomic E-state index is -0.741. The molecular formula is C21H19N3O4. The molecule has 1 amide bonds. The average molecular weight is 377 g/mol. The SMILES string of the molecule is C/C(=N/NC(=O)C(C)Oc1ccc2ccccc2c1)c1ccc([N+](=O)[O-])cc1. The highest BCUT2D eigenvalue weighted by Crippen LogP contribution is 2.21. The largest absolute Gasteiger partial charge is 0.481 e. The summed E-state index contributed by atoms with van der Waals surface area (Å²) in [6.07, 6.45) is -0.741. The molecule has 3 aromatic rings. The van der Waals surface area contributed by atoms with Crippen LogP contribution in [0.1, 0.15) is 19.4 Å². The van der Waals surface area contributed by atoms with E-state index in [0.717, 1.165) is 10.8 Å². The van der Waals surface area contributed by atoms with Crippen LogP contribution in [-0.2, 0) is 4.79 Å². The van der Waals surface area contributed by atoms with Gasteiger partial charge >= 0.3 is 0 Å². The summed E-state index contributed by atoms with van der Waals surface area (Å²) in [6.45, 7) is 3.34. The van der Waals surface area contributed by atoms with Crippen LogP contribution in [0.25, 0.3) is 10.8 Å². The highest BCUT2D eigenvalue weighted by molar-refractivity contribution is 5.99. The number of rotatable bonds is 6. The van der Waals surface area contributed by atoms with Crippen LogP contribution < -0.4 is 10.2 Å². The summed E-state index contributed by atoms with van der Waals surface area (Å²) in [7, 11) is 0. The molecule has 0 bridgehead atoms. The number of carbonyl (C=O) groups is 1. The molecular weight excluding hydrogens is 358 g/mol. The van der Waals surface area contributed by atoms with Gasteiger partial charge < -0.3 is 4.74 Å². The Balaban J connectivity index is 1.62. The van der Waals surface area contributed by atoms with Gasteiger partial charge in [0.25, 0.3) is 11.6 Å². The molecule has 0 saturated heterocycles. The van der Waals surface area contributed by atoms with Crippen molar-refractivity contribution in [2.45, 2.75) is 20.0 Å². The first-order chi connectivity index (χ1) is 13.4. The minimum Gasteiger partial charge on any atom is -0.481 e. The van der Waals surface area contributed by atoms with Gasteiger partial charge in [-0.1, -0.05) is 30.3 Å². The van der Waals surface area contributed by atoms with Crippen molar-refractivity contribution in [3.05, 3.63) is 82.4 Å². The van der Waals surface area contributed by atoms with Gasteiger partial charge in [-0.3, -0.25) is 14.9 Å². The molecule has 0 aliphatic heterocycles. The van der Waals surface area contributed by atoms with E-state index in [-0.39, 0.29) is 5.69 Å². The van der Waals surface area contributed by atoms with E-state index in [1.165, 1.54) is 12.1 Å². The standard InChI is InChI=1S/C21H19N3O4/c1-14(16-7-10-19(11-8-16)24(26)27)22-23-21(25)15(2)28-20-12-9-17-5-3-4-6-18(17)13-20/h3-13,15H,1-2H3,(H,23,25)/b22-14-. The number of ether oxygens (including phenoxy) is 1. The van der Waals surface area contributed by atoms with Crippen LogP contribution in [0.4, 0.5) is 5.69 Å². The van der Waals surface area contributed by atoms with Gasteiger partial charge in [-0.25, -0.2) is 5.43 Å². The summed E-state index contributed by atoms with van der Waals surface area (Å²) in [4.78, 5) is 22.5. The number of nitrogens with zero attached hydrogens (tertiary/aromatic N) is 2. The Morgan fingerprint density at radius 1 is 1.07 bits per heavy atom. The number of non-ortho nitro benzene ring substituents is 1. The number of nitrogens with one attached hydrogen (secondary N) is 1. The molecule has 0 radical (unpaired) electrons. The topological polar surface area (TPSA) is 93.8 Å². The lowest BCUT2D eigenvalue weighted by Crippen LogP contribution is -2.33. The molecule has 0 heterocycles. The van der Waals surface area contributed by atoms with Gasteiger partial charge in [0.1, 0.15) is 5.75 Å². The van der Waals surface area contributed by atoms with Crippen molar-refractivity contribution in [1.82, 2.24) is 5.43 Å². The zero-order valence-electron chi connectivity index (χ0n) is 15.5. The number of carbonyl (C=O) groups excluding carboxylic acids is 1. The number of nitro groups is 1. The number of hydrogen-bond acceptors (Lipinski definition) is 5. The maximum absolute atomic E-state index is 12.3. The average Bonchev–Trinajstić information content (AvgIpc) is 2.71. The van der Waals surface area contributed by atoms with Crippen molar-refractivity contribution in [2.75, 3.05) is 0 Å². The van der Waals surface area contributed by atoms with Gasteiger partial charge in [0.15, 0.2) is 6.10 Å². The van der Waals surface area contributed by atoms with E-state index in [4.69, 9.17) is 4.74 Å². The fraction of sp³-hybridized carbons (Fsp3) is 0.143. The van der Waals surface area contributed by atoms with Crippen molar-refractivity contribution in [1.29, 1.82) is 0 Å². The van der Waals surface area contributed by atoms with Crippen LogP contribution in [0, 0.1) is 10.1 Å². The molecule has 3 aromatic carbocycles. The molecule has 0 aliphatic carbocycles. The van der Waals surface area contributed by atoms with Gasteiger partial charge in [0.05, 0.1) is 10.6 Å². The molecule has 1 atom stereocenters. The number of amides is 1. The quantitative estimate of drug-likeness (QED) is 0.398. The van der Waals surface area contributed by atoms with E-state index < -0.39 is 16.9 Å². The van der Waals surface area contributed by atoms with Crippen LogP contribution >= 0.6 is 0 Å². The zero-order valence-corrected chi connectivity index (χ0v) is 15.5. The van der Waals surface area contributed by atoms with E-state index >= 15 is 0 Å². The van der Waals surface area contributed by atoms with Crippen molar-refractivity contribution in [3.8, 4) is 5.75 Å². The van der Waals surface area contributed by atoms with E-state index in [9.17, 15) is 14.9 Å². The Labute approximate surface area is 161 Å². The fourth-order valence-electron chi connectivity index (χ4n) is 2.62. The Kier molecular flexibility index (Phi) is 5.64. The van der Waals surface area contributed by atoms with E-state index in [0.29, 0.717) is 17.0 Å². The molecule has 3 rings (SSSR count). The third kappa shape index (κ3) is 4.50. The highest BCUT2D eigenvalue weighted by atomic mass is 16.6. The minimum absolute atomic E-state index is 0.00186. The summed E-state index contributed by atoms with van der Waals surface area (Å²) < 4.78 is 5.71. The van der Waals surface area contributed by atoms with E-state index in [1.807, 2.05) is 42.5 Å². The molecule has 1 unspecified atom stereocenters. The summed E-state index contributed by atoms with van der Waals surface area (Å²) in [6, 6.07) is 19.5. The molecule has 142 valence electrons. The van der Waals surface area contributed by atoms with Crippen LogP contribution in [0.2, 0.25) is 0 Å². The number of benzene rings is 3. The van der Waals surface area contributed by atoms with Crippen LogP contribution in [0.3, 0.4) is 0 Å². The Bertz CT molecular complexity index is 1040. The summed E-state index contributed by atoms with van der Waals surface area (Å²) in [5.74, 6) is 0.201. The lowest BCUT2D eigenvalue weighted by Gasteiger charge is -2.14. The summed E-state index contributed by atoms with van der Waals surface area (Å²) in [5.41, 5.74) is 3.67. The Morgan fingerprint density at radius 3 is 2.43 bits per heavy atom. The molecule has 0 spiro atoms. The van der Waals surface area contributed by atoms with Crippen LogP contribution in [0.15, 0.2) is 71.8 Å². The van der Waals surface area contributed by atoms with Crippen LogP contribution in [-0.4, -0.2) is 22.6 Å². The smallest absolute Gasteiger partial charge is 0.280 e. The lowest BCUT2D eigenvalue weighted by molar-refractivity contribution is -0.384. The molecule has 0 fully saturated rings. The van der Waals surface area contributed by atoms with Gasteiger partial charge in [-0.2, -0.15) is 5.10 Å². The highest BCUT2D eigenvalue weighted by Gasteiger charge is 2.14. The Hall–Kier alpha value is -3.74. The van der Waals surface area contributed by atoms with Crippen molar-refractivity contribution < 1.29 is 14.5 Å². The third-order valence-electron chi connectivity index (χ3n) is 4.23. The number of nitro benzene ring substituents is 1. The predicted molar refractivity (Wildman–Crippen MR) is 107 cm³/mol. The summed E-state index contributed by atoms with van der Waals surface area (Å²) in [5, 5.41) is 16.9. The summed E-state index contributed by atoms with van der Waals surface area (Å²) >= 11 is 0. The van der Waals surface area contributed by atoms with Crippen LogP contribution in [0.5, 0.6) is 5.75 Å².